The van der Waals surface area contributed by atoms with Crippen LogP contribution in [0, 0.1) is 5.92 Å². The van der Waals surface area contributed by atoms with E-state index in [2.05, 4.69) is 9.97 Å². The fraction of sp³-hybridized carbons (Fsp3) is 0.471. The average Bonchev–Trinajstić information content (AvgIpc) is 3.20. The molecule has 2 aliphatic rings. The van der Waals surface area contributed by atoms with Gasteiger partial charge in [-0.05, 0) is 37.0 Å². The van der Waals surface area contributed by atoms with Crippen molar-refractivity contribution in [1.29, 1.82) is 0 Å². The molecule has 24 heavy (non-hydrogen) atoms. The van der Waals surface area contributed by atoms with Crippen LogP contribution in [0.1, 0.15) is 19.8 Å². The minimum Gasteiger partial charge on any atom is -0.447 e. The number of piperidine rings is 1. The molecule has 1 atom stereocenters. The van der Waals surface area contributed by atoms with E-state index in [-0.39, 0.29) is 18.0 Å². The number of fused-ring (bicyclic) bond motifs is 1. The largest absolute Gasteiger partial charge is 0.447 e. The number of anilines is 1. The number of carbonyl (C=O) groups is 2. The van der Waals surface area contributed by atoms with Crippen molar-refractivity contribution in [1.82, 2.24) is 14.9 Å². The summed E-state index contributed by atoms with van der Waals surface area (Å²) >= 11 is 0. The minimum absolute atomic E-state index is 0.0167. The molecule has 1 aromatic carbocycles. The second kappa shape index (κ2) is 5.81. The number of aromatic nitrogens is 2. The third kappa shape index (κ3) is 2.50. The van der Waals surface area contributed by atoms with Gasteiger partial charge in [-0.1, -0.05) is 0 Å². The highest BCUT2D eigenvalue weighted by atomic mass is 16.6. The summed E-state index contributed by atoms with van der Waals surface area (Å²) in [7, 11) is 0. The van der Waals surface area contributed by atoms with Crippen LogP contribution >= 0.6 is 0 Å². The topological polar surface area (TPSA) is 78.5 Å². The Morgan fingerprint density at radius 2 is 2.12 bits per heavy atom. The van der Waals surface area contributed by atoms with Crippen molar-refractivity contribution >= 4 is 28.7 Å². The van der Waals surface area contributed by atoms with Crippen LogP contribution in [0.5, 0.6) is 0 Å². The second-order valence-electron chi connectivity index (χ2n) is 6.46. The Kier molecular flexibility index (Phi) is 3.63. The highest BCUT2D eigenvalue weighted by Crippen LogP contribution is 2.33. The molecule has 0 radical (unpaired) electrons. The average molecular weight is 328 g/mol. The predicted molar refractivity (Wildman–Crippen MR) is 88.7 cm³/mol. The Bertz CT molecular complexity index is 779. The van der Waals surface area contributed by atoms with Crippen molar-refractivity contribution in [2.75, 3.05) is 24.6 Å². The van der Waals surface area contributed by atoms with Gasteiger partial charge < -0.3 is 14.6 Å². The summed E-state index contributed by atoms with van der Waals surface area (Å²) in [6.07, 6.45) is 3.12. The Morgan fingerprint density at radius 3 is 2.88 bits per heavy atom. The molecular formula is C17H20N4O3. The molecule has 126 valence electrons. The summed E-state index contributed by atoms with van der Waals surface area (Å²) in [5, 5.41) is 0. The molecular weight excluding hydrogens is 308 g/mol. The lowest BCUT2D eigenvalue weighted by atomic mass is 9.89. The van der Waals surface area contributed by atoms with E-state index in [0.717, 1.165) is 42.7 Å². The Balaban J connectivity index is 1.57. The van der Waals surface area contributed by atoms with Crippen molar-refractivity contribution < 1.29 is 14.3 Å². The van der Waals surface area contributed by atoms with Gasteiger partial charge in [0.05, 0.1) is 23.4 Å². The van der Waals surface area contributed by atoms with Crippen molar-refractivity contribution in [2.45, 2.75) is 25.8 Å². The number of rotatable bonds is 2. The van der Waals surface area contributed by atoms with E-state index in [1.54, 1.807) is 18.2 Å². The first-order valence-electron chi connectivity index (χ1n) is 8.28. The van der Waals surface area contributed by atoms with Gasteiger partial charge in [0.15, 0.2) is 0 Å². The molecule has 4 rings (SSSR count). The number of H-pyrrole nitrogens is 1. The van der Waals surface area contributed by atoms with E-state index in [1.807, 2.05) is 23.1 Å². The van der Waals surface area contributed by atoms with Gasteiger partial charge in [-0.3, -0.25) is 9.69 Å². The Labute approximate surface area is 139 Å². The SMILES string of the molecule is CC(=O)N1CCC([C@H]2COC(=O)N2c2ccc3[nH]cnc3c2)CC1. The number of imidazole rings is 1. The lowest BCUT2D eigenvalue weighted by Gasteiger charge is -2.36. The molecule has 0 unspecified atom stereocenters. The zero-order valence-electron chi connectivity index (χ0n) is 13.6. The number of hydrogen-bond acceptors (Lipinski definition) is 4. The number of amides is 2. The number of carbonyl (C=O) groups excluding carboxylic acids is 2. The van der Waals surface area contributed by atoms with Crippen molar-refractivity contribution in [3.8, 4) is 0 Å². The summed E-state index contributed by atoms with van der Waals surface area (Å²) in [5.74, 6) is 0.454. The lowest BCUT2D eigenvalue weighted by molar-refractivity contribution is -0.130. The number of aromatic amines is 1. The second-order valence-corrected chi connectivity index (χ2v) is 6.46. The highest BCUT2D eigenvalue weighted by molar-refractivity contribution is 5.93. The number of cyclic esters (lactones) is 1. The number of hydrogen-bond donors (Lipinski definition) is 1. The molecule has 2 amide bonds. The Hall–Kier alpha value is -2.57. The number of nitrogens with one attached hydrogen (secondary N) is 1. The Morgan fingerprint density at radius 1 is 1.33 bits per heavy atom. The maximum atomic E-state index is 12.3. The smallest absolute Gasteiger partial charge is 0.414 e. The summed E-state index contributed by atoms with van der Waals surface area (Å²) in [6, 6.07) is 5.78. The van der Waals surface area contributed by atoms with Gasteiger partial charge in [-0.2, -0.15) is 0 Å². The van der Waals surface area contributed by atoms with Crippen LogP contribution in [0.15, 0.2) is 24.5 Å². The van der Waals surface area contributed by atoms with E-state index in [0.29, 0.717) is 12.5 Å². The van der Waals surface area contributed by atoms with E-state index in [9.17, 15) is 9.59 Å². The third-order valence-corrected chi connectivity index (χ3v) is 5.12. The molecule has 0 spiro atoms. The molecule has 2 saturated heterocycles. The van der Waals surface area contributed by atoms with Crippen LogP contribution in [-0.4, -0.2) is 52.6 Å². The van der Waals surface area contributed by atoms with Crippen molar-refractivity contribution in [3.05, 3.63) is 24.5 Å². The zero-order valence-corrected chi connectivity index (χ0v) is 13.6. The molecule has 0 bridgehead atoms. The number of nitrogens with zero attached hydrogens (tertiary/aromatic N) is 3. The van der Waals surface area contributed by atoms with Crippen LogP contribution in [0.2, 0.25) is 0 Å². The first-order chi connectivity index (χ1) is 11.6. The van der Waals surface area contributed by atoms with Gasteiger partial charge in [-0.25, -0.2) is 9.78 Å². The first-order valence-corrected chi connectivity index (χ1v) is 8.28. The van der Waals surface area contributed by atoms with Crippen LogP contribution in [0.3, 0.4) is 0 Å². The minimum atomic E-state index is -0.302. The van der Waals surface area contributed by atoms with Crippen LogP contribution in [-0.2, 0) is 9.53 Å². The maximum Gasteiger partial charge on any atom is 0.414 e. The standard InChI is InChI=1S/C17H20N4O3/c1-11(22)20-6-4-12(5-7-20)16-9-24-17(23)21(16)13-2-3-14-15(8-13)19-10-18-14/h2-3,8,10,12,16H,4-7,9H2,1H3,(H,18,19)/t16-/m1/s1. The van der Waals surface area contributed by atoms with Gasteiger partial charge in [0, 0.05) is 25.7 Å². The van der Waals surface area contributed by atoms with Crippen LogP contribution in [0.4, 0.5) is 10.5 Å². The van der Waals surface area contributed by atoms with Gasteiger partial charge in [-0.15, -0.1) is 0 Å². The number of benzene rings is 1. The number of ether oxygens (including phenoxy) is 1. The molecule has 1 aromatic heterocycles. The molecule has 7 heteroatoms. The van der Waals surface area contributed by atoms with Gasteiger partial charge in [0.1, 0.15) is 6.61 Å². The van der Waals surface area contributed by atoms with Gasteiger partial charge >= 0.3 is 6.09 Å². The normalized spacial score (nSPS) is 22.2. The van der Waals surface area contributed by atoms with E-state index in [4.69, 9.17) is 4.74 Å². The summed E-state index contributed by atoms with van der Waals surface area (Å²) < 4.78 is 5.33. The van der Waals surface area contributed by atoms with Crippen LogP contribution in [0.25, 0.3) is 11.0 Å². The summed E-state index contributed by atoms with van der Waals surface area (Å²) in [4.78, 5) is 34.7. The molecule has 0 aliphatic carbocycles. The molecule has 2 fully saturated rings. The van der Waals surface area contributed by atoms with E-state index < -0.39 is 0 Å². The molecule has 7 nitrogen and oxygen atoms in total. The fourth-order valence-electron chi connectivity index (χ4n) is 3.75. The lowest BCUT2D eigenvalue weighted by Crippen LogP contribution is -2.45. The molecule has 1 N–H and O–H groups in total. The quantitative estimate of drug-likeness (QED) is 0.916. The summed E-state index contributed by atoms with van der Waals surface area (Å²) in [6.45, 7) is 3.50. The fourth-order valence-corrected chi connectivity index (χ4v) is 3.75. The highest BCUT2D eigenvalue weighted by Gasteiger charge is 2.40. The maximum absolute atomic E-state index is 12.3. The van der Waals surface area contributed by atoms with Gasteiger partial charge in [0.25, 0.3) is 0 Å². The van der Waals surface area contributed by atoms with Crippen LogP contribution < -0.4 is 4.90 Å². The number of likely N-dealkylation sites (tertiary alicyclic amines) is 1. The molecule has 2 aromatic rings. The monoisotopic (exact) mass is 328 g/mol. The van der Waals surface area contributed by atoms with Crippen molar-refractivity contribution in [2.24, 2.45) is 5.92 Å². The van der Waals surface area contributed by atoms with E-state index >= 15 is 0 Å². The zero-order chi connectivity index (χ0) is 16.7. The first kappa shape index (κ1) is 15.0. The molecule has 0 saturated carbocycles. The van der Waals surface area contributed by atoms with Crippen molar-refractivity contribution in [3.63, 3.8) is 0 Å². The molecule has 2 aliphatic heterocycles. The van der Waals surface area contributed by atoms with E-state index in [1.165, 1.54) is 0 Å². The van der Waals surface area contributed by atoms with Gasteiger partial charge in [0.2, 0.25) is 5.91 Å². The predicted octanol–water partition coefficient (Wildman–Crippen LogP) is 2.15. The summed E-state index contributed by atoms with van der Waals surface area (Å²) in [5.41, 5.74) is 2.59. The molecule has 3 heterocycles. The third-order valence-electron chi connectivity index (χ3n) is 5.12.